The Morgan fingerprint density at radius 1 is 1.30 bits per heavy atom. The number of rotatable bonds is 4. The number of carbonyl (C=O) groups is 2. The van der Waals surface area contributed by atoms with E-state index >= 15 is 0 Å². The molecule has 0 fully saturated rings. The molecule has 0 atom stereocenters. The van der Waals surface area contributed by atoms with E-state index in [1.807, 2.05) is 34.6 Å². The van der Waals surface area contributed by atoms with Gasteiger partial charge < -0.3 is 10.6 Å². The minimum absolute atomic E-state index is 0.139. The molecule has 0 bridgehead atoms. The maximum Gasteiger partial charge on any atom is 0.320 e. The average molecular weight is 299 g/mol. The molecule has 3 N–H and O–H groups in total. The van der Waals surface area contributed by atoms with Crippen LogP contribution in [0.5, 0.6) is 0 Å². The highest BCUT2D eigenvalue weighted by molar-refractivity contribution is 7.10. The normalized spacial score (nSPS) is 11.3. The molecule has 0 aliphatic carbocycles. The van der Waals surface area contributed by atoms with Crippen LogP contribution >= 0.6 is 11.5 Å². The summed E-state index contributed by atoms with van der Waals surface area (Å²) in [6.45, 7) is 10.1. The van der Waals surface area contributed by atoms with Gasteiger partial charge in [0.15, 0.2) is 10.7 Å². The number of nitrogens with one attached hydrogen (secondary N) is 3. The standard InChI is InChI=1S/C12H21N5O2S/c1-7(2)6-13-9(18)8-10(20-17-16-8)14-11(19)15-12(3,4)5/h7H,6H2,1-5H3,(H,13,18)(H2,14,15,19). The third kappa shape index (κ3) is 5.52. The molecule has 0 aromatic carbocycles. The lowest BCUT2D eigenvalue weighted by atomic mass is 10.1. The molecule has 20 heavy (non-hydrogen) atoms. The molecule has 3 amide bonds. The maximum atomic E-state index is 11.9. The lowest BCUT2D eigenvalue weighted by Gasteiger charge is -2.20. The van der Waals surface area contributed by atoms with Gasteiger partial charge in [-0.15, -0.1) is 5.10 Å². The summed E-state index contributed by atoms with van der Waals surface area (Å²) < 4.78 is 3.71. The second-order valence-corrected chi connectivity index (χ2v) is 6.64. The summed E-state index contributed by atoms with van der Waals surface area (Å²) in [6, 6.07) is -0.388. The largest absolute Gasteiger partial charge is 0.350 e. The zero-order chi connectivity index (χ0) is 15.3. The first kappa shape index (κ1) is 16.4. The fourth-order valence-electron chi connectivity index (χ4n) is 1.28. The summed E-state index contributed by atoms with van der Waals surface area (Å²) in [5.41, 5.74) is -0.220. The number of nitrogens with zero attached hydrogens (tertiary/aromatic N) is 2. The molecule has 0 spiro atoms. The van der Waals surface area contributed by atoms with E-state index < -0.39 is 0 Å². The molecule has 7 nitrogen and oxygen atoms in total. The number of hydrogen-bond acceptors (Lipinski definition) is 5. The van der Waals surface area contributed by atoms with E-state index in [-0.39, 0.29) is 23.2 Å². The second-order valence-electron chi connectivity index (χ2n) is 5.88. The number of hydrogen-bond donors (Lipinski definition) is 3. The van der Waals surface area contributed by atoms with Gasteiger partial charge in [0.25, 0.3) is 5.91 Å². The van der Waals surface area contributed by atoms with E-state index in [0.29, 0.717) is 17.5 Å². The first-order valence-electron chi connectivity index (χ1n) is 6.39. The van der Waals surface area contributed by atoms with Crippen LogP contribution in [-0.2, 0) is 0 Å². The smallest absolute Gasteiger partial charge is 0.320 e. The fourth-order valence-corrected chi connectivity index (χ4v) is 1.84. The van der Waals surface area contributed by atoms with E-state index in [1.165, 1.54) is 0 Å². The molecule has 1 heterocycles. The van der Waals surface area contributed by atoms with Crippen LogP contribution in [-0.4, -0.2) is 33.6 Å². The first-order chi connectivity index (χ1) is 9.19. The molecule has 0 saturated heterocycles. The molecule has 1 aromatic rings. The lowest BCUT2D eigenvalue weighted by Crippen LogP contribution is -2.43. The van der Waals surface area contributed by atoms with Crippen molar-refractivity contribution in [2.24, 2.45) is 5.92 Å². The molecule has 0 aliphatic rings. The Bertz CT molecular complexity index is 478. The molecule has 0 unspecified atom stereocenters. The van der Waals surface area contributed by atoms with E-state index in [9.17, 15) is 9.59 Å². The summed E-state index contributed by atoms with van der Waals surface area (Å²) in [5, 5.41) is 12.2. The Kier molecular flexibility index (Phi) is 5.43. The lowest BCUT2D eigenvalue weighted by molar-refractivity contribution is 0.0945. The van der Waals surface area contributed by atoms with Crippen LogP contribution in [0.1, 0.15) is 45.1 Å². The molecular weight excluding hydrogens is 278 g/mol. The van der Waals surface area contributed by atoms with E-state index in [4.69, 9.17) is 0 Å². The third-order valence-corrected chi connectivity index (χ3v) is 2.73. The summed E-state index contributed by atoms with van der Waals surface area (Å²) in [7, 11) is 0. The van der Waals surface area contributed by atoms with Crippen molar-refractivity contribution >= 4 is 28.5 Å². The minimum atomic E-state index is -0.388. The number of urea groups is 1. The molecule has 0 radical (unpaired) electrons. The summed E-state index contributed by atoms with van der Waals surface area (Å²) >= 11 is 0.973. The maximum absolute atomic E-state index is 11.9. The minimum Gasteiger partial charge on any atom is -0.350 e. The zero-order valence-corrected chi connectivity index (χ0v) is 13.2. The van der Waals surface area contributed by atoms with Crippen molar-refractivity contribution in [2.75, 3.05) is 11.9 Å². The molecular formula is C12H21N5O2S. The van der Waals surface area contributed by atoms with Crippen LogP contribution in [0.2, 0.25) is 0 Å². The summed E-state index contributed by atoms with van der Waals surface area (Å²) in [5.74, 6) is 0.00431. The zero-order valence-electron chi connectivity index (χ0n) is 12.4. The Hall–Kier alpha value is -1.70. The van der Waals surface area contributed by atoms with Gasteiger partial charge in [-0.3, -0.25) is 10.1 Å². The van der Waals surface area contributed by atoms with Gasteiger partial charge in [-0.25, -0.2) is 4.79 Å². The monoisotopic (exact) mass is 299 g/mol. The molecule has 0 saturated carbocycles. The molecule has 8 heteroatoms. The van der Waals surface area contributed by atoms with Gasteiger partial charge in [0, 0.05) is 23.6 Å². The second kappa shape index (κ2) is 6.65. The van der Waals surface area contributed by atoms with Crippen LogP contribution in [0.3, 0.4) is 0 Å². The SMILES string of the molecule is CC(C)CNC(=O)c1nnsc1NC(=O)NC(C)(C)C. The van der Waals surface area contributed by atoms with Gasteiger partial charge in [-0.1, -0.05) is 18.3 Å². The topological polar surface area (TPSA) is 96.0 Å². The first-order valence-corrected chi connectivity index (χ1v) is 7.16. The Labute approximate surface area is 122 Å². The van der Waals surface area contributed by atoms with E-state index in [2.05, 4.69) is 25.5 Å². The predicted octanol–water partition coefficient (Wildman–Crippen LogP) is 1.84. The van der Waals surface area contributed by atoms with Gasteiger partial charge in [-0.05, 0) is 26.7 Å². The van der Waals surface area contributed by atoms with Crippen molar-refractivity contribution in [3.63, 3.8) is 0 Å². The number of amides is 3. The van der Waals surface area contributed by atoms with E-state index in [0.717, 1.165) is 11.5 Å². The molecule has 0 aliphatic heterocycles. The van der Waals surface area contributed by atoms with Crippen molar-refractivity contribution < 1.29 is 9.59 Å². The molecule has 112 valence electrons. The van der Waals surface area contributed by atoms with Gasteiger partial charge in [-0.2, -0.15) is 0 Å². The quantitative estimate of drug-likeness (QED) is 0.790. The van der Waals surface area contributed by atoms with Crippen molar-refractivity contribution in [1.29, 1.82) is 0 Å². The van der Waals surface area contributed by atoms with Crippen molar-refractivity contribution in [1.82, 2.24) is 20.2 Å². The van der Waals surface area contributed by atoms with Crippen molar-refractivity contribution in [3.05, 3.63) is 5.69 Å². The van der Waals surface area contributed by atoms with Gasteiger partial charge >= 0.3 is 6.03 Å². The van der Waals surface area contributed by atoms with Crippen LogP contribution < -0.4 is 16.0 Å². The number of carbonyl (C=O) groups excluding carboxylic acids is 2. The highest BCUT2D eigenvalue weighted by Crippen LogP contribution is 2.17. The van der Waals surface area contributed by atoms with Crippen LogP contribution in [0, 0.1) is 5.92 Å². The Morgan fingerprint density at radius 3 is 2.50 bits per heavy atom. The average Bonchev–Trinajstić information content (AvgIpc) is 2.71. The summed E-state index contributed by atoms with van der Waals surface area (Å²) in [6.07, 6.45) is 0. The molecule has 1 rings (SSSR count). The van der Waals surface area contributed by atoms with Crippen molar-refractivity contribution in [2.45, 2.75) is 40.2 Å². The van der Waals surface area contributed by atoms with E-state index in [1.54, 1.807) is 0 Å². The van der Waals surface area contributed by atoms with Gasteiger partial charge in [0.2, 0.25) is 0 Å². The van der Waals surface area contributed by atoms with Crippen LogP contribution in [0.25, 0.3) is 0 Å². The number of anilines is 1. The predicted molar refractivity (Wildman–Crippen MR) is 79.0 cm³/mol. The third-order valence-electron chi connectivity index (χ3n) is 2.09. The van der Waals surface area contributed by atoms with Crippen LogP contribution in [0.4, 0.5) is 9.80 Å². The fraction of sp³-hybridized carbons (Fsp3) is 0.667. The van der Waals surface area contributed by atoms with Gasteiger partial charge in [0.1, 0.15) is 0 Å². The molecule has 1 aromatic heterocycles. The summed E-state index contributed by atoms with van der Waals surface area (Å²) in [4.78, 5) is 23.7. The van der Waals surface area contributed by atoms with Crippen molar-refractivity contribution in [3.8, 4) is 0 Å². The Balaban J connectivity index is 2.67. The van der Waals surface area contributed by atoms with Gasteiger partial charge in [0.05, 0.1) is 0 Å². The Morgan fingerprint density at radius 2 is 1.95 bits per heavy atom. The highest BCUT2D eigenvalue weighted by atomic mass is 32.1. The highest BCUT2D eigenvalue weighted by Gasteiger charge is 2.20. The number of aromatic nitrogens is 2. The van der Waals surface area contributed by atoms with Crippen LogP contribution in [0.15, 0.2) is 0 Å².